The summed E-state index contributed by atoms with van der Waals surface area (Å²) < 4.78 is 11.4. The predicted molar refractivity (Wildman–Crippen MR) is 71.9 cm³/mol. The Morgan fingerprint density at radius 3 is 2.58 bits per heavy atom. The zero-order chi connectivity index (χ0) is 13.1. The van der Waals surface area contributed by atoms with E-state index in [9.17, 15) is 0 Å². The molecule has 4 nitrogen and oxygen atoms in total. The van der Waals surface area contributed by atoms with Gasteiger partial charge in [0.25, 0.3) is 0 Å². The summed E-state index contributed by atoms with van der Waals surface area (Å²) in [5.74, 6) is 0.0739. The molecule has 2 unspecified atom stereocenters. The zero-order valence-electron chi connectivity index (χ0n) is 11.1. The molecule has 4 heteroatoms. The lowest BCUT2D eigenvalue weighted by Gasteiger charge is -2.23. The lowest BCUT2D eigenvalue weighted by molar-refractivity contribution is -0.0965. The van der Waals surface area contributed by atoms with Gasteiger partial charge >= 0.3 is 0 Å². The van der Waals surface area contributed by atoms with Crippen LogP contribution in [-0.2, 0) is 14.3 Å². The smallest absolute Gasteiger partial charge is 0.169 e. The minimum atomic E-state index is -0.224. The number of nitrogens with zero attached hydrogens (tertiary/aromatic N) is 1. The second-order valence-electron chi connectivity index (χ2n) is 4.91. The molecule has 0 N–H and O–H groups in total. The molecule has 0 radical (unpaired) electrons. The van der Waals surface area contributed by atoms with E-state index in [0.717, 1.165) is 24.1 Å². The molecule has 1 fully saturated rings. The number of rotatable bonds is 4. The first-order valence-electron chi connectivity index (χ1n) is 6.92. The molecule has 19 heavy (non-hydrogen) atoms. The number of oxime groups is 1. The van der Waals surface area contributed by atoms with Crippen LogP contribution in [0.4, 0.5) is 0 Å². The van der Waals surface area contributed by atoms with Gasteiger partial charge in [-0.25, -0.2) is 0 Å². The lowest BCUT2D eigenvalue weighted by atomic mass is 9.89. The number of hydrogen-bond acceptors (Lipinski definition) is 4. The van der Waals surface area contributed by atoms with Crippen molar-refractivity contribution in [2.24, 2.45) is 11.1 Å². The normalized spacial score (nSPS) is 27.3. The fourth-order valence-corrected chi connectivity index (χ4v) is 2.69. The average molecular weight is 261 g/mol. The standard InChI is InChI=1S/C15H19NO3/c1-2-6-12-13(15-17-9-10-18-15)14(16-19-12)11-7-4-3-5-8-11/h3-5,7-8,12-13,15H,2,6,9-10H2,1H3. The maximum absolute atomic E-state index is 5.68. The molecular formula is C15H19NO3. The summed E-state index contributed by atoms with van der Waals surface area (Å²) in [6, 6.07) is 10.1. The number of benzene rings is 1. The van der Waals surface area contributed by atoms with E-state index >= 15 is 0 Å². The zero-order valence-corrected chi connectivity index (χ0v) is 11.1. The molecule has 0 aromatic heterocycles. The van der Waals surface area contributed by atoms with Gasteiger partial charge in [0.2, 0.25) is 0 Å². The molecule has 2 atom stereocenters. The van der Waals surface area contributed by atoms with E-state index in [-0.39, 0.29) is 18.3 Å². The third-order valence-electron chi connectivity index (χ3n) is 3.59. The van der Waals surface area contributed by atoms with Crippen molar-refractivity contribution in [3.63, 3.8) is 0 Å². The third-order valence-corrected chi connectivity index (χ3v) is 3.59. The molecule has 0 amide bonds. The van der Waals surface area contributed by atoms with Crippen LogP contribution in [0.1, 0.15) is 25.3 Å². The van der Waals surface area contributed by atoms with Crippen molar-refractivity contribution in [3.8, 4) is 0 Å². The second kappa shape index (κ2) is 5.72. The Kier molecular flexibility index (Phi) is 3.80. The van der Waals surface area contributed by atoms with E-state index in [0.29, 0.717) is 13.2 Å². The fourth-order valence-electron chi connectivity index (χ4n) is 2.69. The predicted octanol–water partition coefficient (Wildman–Crippen LogP) is 2.58. The van der Waals surface area contributed by atoms with Crippen LogP contribution < -0.4 is 0 Å². The highest BCUT2D eigenvalue weighted by molar-refractivity contribution is 6.03. The molecule has 0 spiro atoms. The molecule has 3 rings (SSSR count). The monoisotopic (exact) mass is 261 g/mol. The highest BCUT2D eigenvalue weighted by Crippen LogP contribution is 2.32. The summed E-state index contributed by atoms with van der Waals surface area (Å²) in [5, 5.41) is 4.29. The molecule has 2 aliphatic heterocycles. The van der Waals surface area contributed by atoms with E-state index < -0.39 is 0 Å². The van der Waals surface area contributed by atoms with Gasteiger partial charge in [0, 0.05) is 0 Å². The summed E-state index contributed by atoms with van der Waals surface area (Å²) in [6.07, 6.45) is 1.86. The van der Waals surface area contributed by atoms with Gasteiger partial charge in [-0.15, -0.1) is 0 Å². The minimum absolute atomic E-state index is 0.0586. The largest absolute Gasteiger partial charge is 0.391 e. The Balaban J connectivity index is 1.85. The van der Waals surface area contributed by atoms with Crippen molar-refractivity contribution in [3.05, 3.63) is 35.9 Å². The molecule has 1 aromatic rings. The minimum Gasteiger partial charge on any atom is -0.391 e. The summed E-state index contributed by atoms with van der Waals surface area (Å²) in [6.45, 7) is 3.46. The Morgan fingerprint density at radius 2 is 1.89 bits per heavy atom. The van der Waals surface area contributed by atoms with Gasteiger partial charge in [0.1, 0.15) is 6.10 Å². The molecule has 2 heterocycles. The first-order chi connectivity index (χ1) is 9.40. The topological polar surface area (TPSA) is 40.0 Å². The van der Waals surface area contributed by atoms with Gasteiger partial charge < -0.3 is 14.3 Å². The van der Waals surface area contributed by atoms with Crippen molar-refractivity contribution in [2.75, 3.05) is 13.2 Å². The van der Waals surface area contributed by atoms with E-state index in [1.807, 2.05) is 18.2 Å². The molecular weight excluding hydrogens is 242 g/mol. The Labute approximate surface area is 113 Å². The quantitative estimate of drug-likeness (QED) is 0.836. The van der Waals surface area contributed by atoms with Gasteiger partial charge in [-0.2, -0.15) is 0 Å². The summed E-state index contributed by atoms with van der Waals surface area (Å²) >= 11 is 0. The van der Waals surface area contributed by atoms with Crippen molar-refractivity contribution in [1.82, 2.24) is 0 Å². The molecule has 0 aliphatic carbocycles. The van der Waals surface area contributed by atoms with Crippen molar-refractivity contribution >= 4 is 5.71 Å². The van der Waals surface area contributed by atoms with Crippen molar-refractivity contribution in [1.29, 1.82) is 0 Å². The van der Waals surface area contributed by atoms with Crippen LogP contribution in [0.2, 0.25) is 0 Å². The van der Waals surface area contributed by atoms with E-state index in [1.54, 1.807) is 0 Å². The highest BCUT2D eigenvalue weighted by atomic mass is 16.7. The molecule has 0 bridgehead atoms. The summed E-state index contributed by atoms with van der Waals surface area (Å²) in [7, 11) is 0. The number of ether oxygens (including phenoxy) is 2. The highest BCUT2D eigenvalue weighted by Gasteiger charge is 2.42. The van der Waals surface area contributed by atoms with Crippen LogP contribution in [-0.4, -0.2) is 31.3 Å². The molecule has 1 aromatic carbocycles. The van der Waals surface area contributed by atoms with E-state index in [4.69, 9.17) is 14.3 Å². The lowest BCUT2D eigenvalue weighted by Crippen LogP contribution is -2.35. The maximum atomic E-state index is 5.68. The Bertz CT molecular complexity index is 440. The average Bonchev–Trinajstić information content (AvgIpc) is 3.08. The van der Waals surface area contributed by atoms with Gasteiger partial charge in [0.05, 0.1) is 24.8 Å². The second-order valence-corrected chi connectivity index (χ2v) is 4.91. The first kappa shape index (κ1) is 12.6. The maximum Gasteiger partial charge on any atom is 0.169 e. The third kappa shape index (κ3) is 2.51. The van der Waals surface area contributed by atoms with Crippen molar-refractivity contribution < 1.29 is 14.3 Å². The van der Waals surface area contributed by atoms with Crippen LogP contribution in [0.15, 0.2) is 35.5 Å². The van der Waals surface area contributed by atoms with Crippen LogP contribution in [0.3, 0.4) is 0 Å². The van der Waals surface area contributed by atoms with E-state index in [1.165, 1.54) is 0 Å². The van der Waals surface area contributed by atoms with E-state index in [2.05, 4.69) is 24.2 Å². The van der Waals surface area contributed by atoms with Gasteiger partial charge in [-0.1, -0.05) is 48.8 Å². The summed E-state index contributed by atoms with van der Waals surface area (Å²) in [4.78, 5) is 5.61. The van der Waals surface area contributed by atoms with Crippen LogP contribution in [0.5, 0.6) is 0 Å². The van der Waals surface area contributed by atoms with Crippen LogP contribution in [0, 0.1) is 5.92 Å². The van der Waals surface area contributed by atoms with Crippen LogP contribution >= 0.6 is 0 Å². The SMILES string of the molecule is CCCC1ON=C(c2ccccc2)C1C1OCCO1. The van der Waals surface area contributed by atoms with Gasteiger partial charge in [0.15, 0.2) is 6.29 Å². The van der Waals surface area contributed by atoms with Crippen molar-refractivity contribution in [2.45, 2.75) is 32.2 Å². The molecule has 102 valence electrons. The van der Waals surface area contributed by atoms with Gasteiger partial charge in [-0.3, -0.25) is 0 Å². The molecule has 1 saturated heterocycles. The molecule has 2 aliphatic rings. The summed E-state index contributed by atoms with van der Waals surface area (Å²) in [5.41, 5.74) is 2.04. The number of hydrogen-bond donors (Lipinski definition) is 0. The van der Waals surface area contributed by atoms with Crippen LogP contribution in [0.25, 0.3) is 0 Å². The first-order valence-corrected chi connectivity index (χ1v) is 6.92. The fraction of sp³-hybridized carbons (Fsp3) is 0.533. The van der Waals surface area contributed by atoms with Gasteiger partial charge in [-0.05, 0) is 12.0 Å². The Hall–Kier alpha value is -1.39. The Morgan fingerprint density at radius 1 is 1.16 bits per heavy atom. The molecule has 0 saturated carbocycles.